The van der Waals surface area contributed by atoms with Crippen molar-refractivity contribution >= 4 is 5.69 Å². The van der Waals surface area contributed by atoms with Crippen molar-refractivity contribution in [1.29, 1.82) is 0 Å². The molecule has 0 atom stereocenters. The van der Waals surface area contributed by atoms with E-state index in [1.807, 2.05) is 0 Å². The molecule has 0 radical (unpaired) electrons. The van der Waals surface area contributed by atoms with Gasteiger partial charge in [0.15, 0.2) is 0 Å². The zero-order valence-corrected chi connectivity index (χ0v) is 7.88. The van der Waals surface area contributed by atoms with Gasteiger partial charge in [-0.25, -0.2) is 0 Å². The first-order chi connectivity index (χ1) is 6.53. The van der Waals surface area contributed by atoms with Crippen LogP contribution in [-0.4, -0.2) is 19.3 Å². The fraction of sp³-hybridized carbons (Fsp3) is 0.400. The lowest BCUT2D eigenvalue weighted by Gasteiger charge is -2.24. The first-order valence-corrected chi connectivity index (χ1v) is 4.39. The molecule has 0 saturated heterocycles. The number of halogens is 3. The Morgan fingerprint density at radius 2 is 1.71 bits per heavy atom. The van der Waals surface area contributed by atoms with E-state index in [1.165, 1.54) is 4.90 Å². The highest BCUT2D eigenvalue weighted by molar-refractivity contribution is 5.45. The number of hydrogen-bond acceptors (Lipinski definition) is 1. The molecular weight excluding hydrogens is 191 g/mol. The van der Waals surface area contributed by atoms with E-state index in [4.69, 9.17) is 0 Å². The number of rotatable bonds is 3. The normalized spacial score (nSPS) is 11.4. The molecule has 4 heteroatoms. The molecule has 0 bridgehead atoms. The van der Waals surface area contributed by atoms with E-state index in [-0.39, 0.29) is 0 Å². The van der Waals surface area contributed by atoms with Crippen molar-refractivity contribution in [2.45, 2.75) is 13.1 Å². The van der Waals surface area contributed by atoms with E-state index < -0.39 is 12.7 Å². The van der Waals surface area contributed by atoms with Crippen LogP contribution < -0.4 is 4.90 Å². The van der Waals surface area contributed by atoms with Crippen LogP contribution in [0.2, 0.25) is 0 Å². The molecule has 1 aromatic rings. The highest BCUT2D eigenvalue weighted by Crippen LogP contribution is 2.21. The summed E-state index contributed by atoms with van der Waals surface area (Å²) in [5, 5.41) is 0. The first-order valence-electron chi connectivity index (χ1n) is 4.39. The van der Waals surface area contributed by atoms with E-state index in [2.05, 4.69) is 0 Å². The summed E-state index contributed by atoms with van der Waals surface area (Å²) in [7, 11) is 0. The SMILES string of the molecule is CCN(CC(F)(F)F)c1ccccc1. The van der Waals surface area contributed by atoms with Crippen molar-refractivity contribution < 1.29 is 13.2 Å². The van der Waals surface area contributed by atoms with Crippen LogP contribution in [0.4, 0.5) is 18.9 Å². The number of alkyl halides is 3. The van der Waals surface area contributed by atoms with Crippen LogP contribution in [0, 0.1) is 0 Å². The van der Waals surface area contributed by atoms with Gasteiger partial charge in [0, 0.05) is 12.2 Å². The van der Waals surface area contributed by atoms with Crippen molar-refractivity contribution in [2.24, 2.45) is 0 Å². The van der Waals surface area contributed by atoms with Crippen LogP contribution in [0.1, 0.15) is 6.92 Å². The largest absolute Gasteiger partial charge is 0.405 e. The third-order valence-electron chi connectivity index (χ3n) is 1.87. The zero-order chi connectivity index (χ0) is 10.6. The van der Waals surface area contributed by atoms with Crippen LogP contribution in [-0.2, 0) is 0 Å². The molecule has 0 aliphatic carbocycles. The molecule has 14 heavy (non-hydrogen) atoms. The number of benzene rings is 1. The Morgan fingerprint density at radius 3 is 2.14 bits per heavy atom. The van der Waals surface area contributed by atoms with Gasteiger partial charge < -0.3 is 4.90 Å². The summed E-state index contributed by atoms with van der Waals surface area (Å²) in [5.74, 6) is 0. The maximum Gasteiger partial charge on any atom is 0.405 e. The van der Waals surface area contributed by atoms with Gasteiger partial charge in [-0.1, -0.05) is 18.2 Å². The average Bonchev–Trinajstić information content (AvgIpc) is 2.14. The summed E-state index contributed by atoms with van der Waals surface area (Å²) >= 11 is 0. The molecule has 1 rings (SSSR count). The Labute approximate surface area is 81.1 Å². The number of para-hydroxylation sites is 1. The van der Waals surface area contributed by atoms with Crippen molar-refractivity contribution in [2.75, 3.05) is 18.0 Å². The standard InChI is InChI=1S/C10H12F3N/c1-2-14(8-10(11,12)13)9-6-4-3-5-7-9/h3-7H,2,8H2,1H3. The number of anilines is 1. The average molecular weight is 203 g/mol. The summed E-state index contributed by atoms with van der Waals surface area (Å²) in [6, 6.07) is 8.60. The van der Waals surface area contributed by atoms with Crippen LogP contribution in [0.15, 0.2) is 30.3 Å². The second-order valence-electron chi connectivity index (χ2n) is 2.96. The molecule has 78 valence electrons. The zero-order valence-electron chi connectivity index (χ0n) is 7.88. The summed E-state index contributed by atoms with van der Waals surface area (Å²) in [6.45, 7) is 1.16. The van der Waals surface area contributed by atoms with Gasteiger partial charge in [-0.05, 0) is 19.1 Å². The highest BCUT2D eigenvalue weighted by atomic mass is 19.4. The van der Waals surface area contributed by atoms with Crippen molar-refractivity contribution in [3.63, 3.8) is 0 Å². The molecule has 0 aliphatic rings. The molecule has 0 saturated carbocycles. The Bertz CT molecular complexity index is 268. The molecule has 0 aliphatic heterocycles. The fourth-order valence-electron chi connectivity index (χ4n) is 1.24. The Balaban J connectivity index is 2.73. The molecule has 1 nitrogen and oxygen atoms in total. The van der Waals surface area contributed by atoms with Crippen LogP contribution in [0.25, 0.3) is 0 Å². The maximum absolute atomic E-state index is 12.1. The first kappa shape index (κ1) is 10.9. The predicted octanol–water partition coefficient (Wildman–Crippen LogP) is 3.08. The van der Waals surface area contributed by atoms with Crippen LogP contribution in [0.3, 0.4) is 0 Å². The quantitative estimate of drug-likeness (QED) is 0.729. The second kappa shape index (κ2) is 4.35. The van der Waals surface area contributed by atoms with Crippen LogP contribution in [0.5, 0.6) is 0 Å². The fourth-order valence-corrected chi connectivity index (χ4v) is 1.24. The van der Waals surface area contributed by atoms with E-state index >= 15 is 0 Å². The second-order valence-corrected chi connectivity index (χ2v) is 2.96. The third kappa shape index (κ3) is 3.28. The smallest absolute Gasteiger partial charge is 0.363 e. The van der Waals surface area contributed by atoms with Crippen molar-refractivity contribution in [3.05, 3.63) is 30.3 Å². The molecule has 0 spiro atoms. The van der Waals surface area contributed by atoms with Gasteiger partial charge in [-0.15, -0.1) is 0 Å². The lowest BCUT2D eigenvalue weighted by atomic mass is 10.3. The van der Waals surface area contributed by atoms with Gasteiger partial charge in [0.2, 0.25) is 0 Å². The number of hydrogen-bond donors (Lipinski definition) is 0. The molecule has 0 fully saturated rings. The Morgan fingerprint density at radius 1 is 1.14 bits per heavy atom. The van der Waals surface area contributed by atoms with Gasteiger partial charge in [0.1, 0.15) is 6.54 Å². The van der Waals surface area contributed by atoms with Gasteiger partial charge in [0.05, 0.1) is 0 Å². The van der Waals surface area contributed by atoms with Crippen LogP contribution >= 0.6 is 0 Å². The van der Waals surface area contributed by atoms with Gasteiger partial charge in [-0.3, -0.25) is 0 Å². The number of nitrogens with zero attached hydrogens (tertiary/aromatic N) is 1. The summed E-state index contributed by atoms with van der Waals surface area (Å²) in [4.78, 5) is 1.29. The van der Waals surface area contributed by atoms with E-state index in [9.17, 15) is 13.2 Å². The minimum absolute atomic E-state index is 0.351. The van der Waals surface area contributed by atoms with Gasteiger partial charge in [0.25, 0.3) is 0 Å². The monoisotopic (exact) mass is 203 g/mol. The van der Waals surface area contributed by atoms with E-state index in [0.29, 0.717) is 12.2 Å². The lowest BCUT2D eigenvalue weighted by molar-refractivity contribution is -0.119. The molecule has 0 N–H and O–H groups in total. The maximum atomic E-state index is 12.1. The molecule has 0 aromatic heterocycles. The molecule has 0 unspecified atom stereocenters. The molecule has 1 aromatic carbocycles. The highest BCUT2D eigenvalue weighted by Gasteiger charge is 2.30. The van der Waals surface area contributed by atoms with E-state index in [0.717, 1.165) is 0 Å². The predicted molar refractivity (Wildman–Crippen MR) is 50.4 cm³/mol. The van der Waals surface area contributed by atoms with Crippen molar-refractivity contribution in [1.82, 2.24) is 0 Å². The Kier molecular flexibility index (Phi) is 3.38. The van der Waals surface area contributed by atoms with E-state index in [1.54, 1.807) is 37.3 Å². The van der Waals surface area contributed by atoms with Gasteiger partial charge in [-0.2, -0.15) is 13.2 Å². The topological polar surface area (TPSA) is 3.24 Å². The summed E-state index contributed by atoms with van der Waals surface area (Å²) in [5.41, 5.74) is 0.604. The summed E-state index contributed by atoms with van der Waals surface area (Å²) in [6.07, 6.45) is -4.15. The third-order valence-corrected chi connectivity index (χ3v) is 1.87. The lowest BCUT2D eigenvalue weighted by Crippen LogP contribution is -2.33. The minimum Gasteiger partial charge on any atom is -0.363 e. The van der Waals surface area contributed by atoms with Crippen molar-refractivity contribution in [3.8, 4) is 0 Å². The Hall–Kier alpha value is -1.19. The molecule has 0 amide bonds. The molecule has 0 heterocycles. The minimum atomic E-state index is -4.15. The summed E-state index contributed by atoms with van der Waals surface area (Å²) < 4.78 is 36.4. The van der Waals surface area contributed by atoms with Gasteiger partial charge >= 0.3 is 6.18 Å². The molecular formula is C10H12F3N.